The Hall–Kier alpha value is -0.800. The number of fused-ring (bicyclic) bond motifs is 3. The molecular weight excluding hydrogens is 266 g/mol. The van der Waals surface area contributed by atoms with E-state index in [1.54, 1.807) is 0 Å². The van der Waals surface area contributed by atoms with Gasteiger partial charge in [-0.15, -0.1) is 0 Å². The van der Waals surface area contributed by atoms with Crippen LogP contribution in [0.1, 0.15) is 27.7 Å². The standard InChI is InChI=1S/C12H21N3O5/c1-11(2)17-7-6(5-14-15-13)16-10-9(8(7)18-11)19-12(3,4)20-10/h6-10,15H,5H2,1-4H3,(H-,13,14)/t6-,7+,8+,9+,10-/m0/s1. The molecule has 2 N–H and O–H groups in total. The molecule has 3 aliphatic heterocycles. The first-order valence-corrected chi connectivity index (χ1v) is 6.80. The quantitative estimate of drug-likeness (QED) is 0.510. The van der Waals surface area contributed by atoms with E-state index < -0.39 is 17.9 Å². The van der Waals surface area contributed by atoms with Crippen LogP contribution < -0.4 is 10.6 Å². The van der Waals surface area contributed by atoms with Gasteiger partial charge in [0.1, 0.15) is 18.3 Å². The topological polar surface area (TPSA) is 94.5 Å². The molecule has 0 spiro atoms. The zero-order chi connectivity index (χ0) is 14.5. The predicted octanol–water partition coefficient (Wildman–Crippen LogP) is -1.01. The van der Waals surface area contributed by atoms with Gasteiger partial charge in [-0.1, -0.05) is 0 Å². The molecule has 3 rings (SSSR count). The first kappa shape index (κ1) is 14.2. The van der Waals surface area contributed by atoms with Crippen LogP contribution in [0, 0.1) is 0 Å². The average molecular weight is 287 g/mol. The van der Waals surface area contributed by atoms with Crippen LogP contribution >= 0.6 is 0 Å². The van der Waals surface area contributed by atoms with Gasteiger partial charge in [0, 0.05) is 6.54 Å². The molecule has 0 aromatic heterocycles. The van der Waals surface area contributed by atoms with E-state index >= 15 is 0 Å². The molecule has 0 saturated carbocycles. The van der Waals surface area contributed by atoms with Crippen LogP contribution in [0.4, 0.5) is 0 Å². The number of ether oxygens (including phenoxy) is 5. The SMILES string of the molecule is CC1(C)O[C@@H]2O[C@@H](CN[NH+]=[N-])[C@H]3OC(C)(C)O[C@H]3[C@H]2O1. The minimum atomic E-state index is -0.715. The van der Waals surface area contributed by atoms with Crippen LogP contribution in [0.5, 0.6) is 0 Å². The normalized spacial score (nSPS) is 44.7. The molecule has 0 bridgehead atoms. The van der Waals surface area contributed by atoms with E-state index in [9.17, 15) is 0 Å². The molecule has 0 unspecified atom stereocenters. The van der Waals surface area contributed by atoms with Crippen LogP contribution in [0.2, 0.25) is 0 Å². The van der Waals surface area contributed by atoms with Crippen molar-refractivity contribution < 1.29 is 28.9 Å². The Kier molecular flexibility index (Phi) is 3.26. The Morgan fingerprint density at radius 1 is 0.950 bits per heavy atom. The molecule has 0 amide bonds. The van der Waals surface area contributed by atoms with Gasteiger partial charge < -0.3 is 23.7 Å². The number of nitrogens with zero attached hydrogens (tertiary/aromatic N) is 1. The van der Waals surface area contributed by atoms with E-state index in [-0.39, 0.29) is 24.4 Å². The Morgan fingerprint density at radius 3 is 2.25 bits per heavy atom. The third kappa shape index (κ3) is 2.42. The zero-order valence-corrected chi connectivity index (χ0v) is 12.1. The second-order valence-corrected chi connectivity index (χ2v) is 6.20. The molecule has 0 radical (unpaired) electrons. The first-order chi connectivity index (χ1) is 9.31. The van der Waals surface area contributed by atoms with Crippen molar-refractivity contribution in [1.29, 1.82) is 0 Å². The lowest BCUT2D eigenvalue weighted by atomic mass is 9.99. The van der Waals surface area contributed by atoms with Gasteiger partial charge >= 0.3 is 0 Å². The van der Waals surface area contributed by atoms with Crippen molar-refractivity contribution in [3.05, 3.63) is 5.53 Å². The van der Waals surface area contributed by atoms with Crippen molar-refractivity contribution in [2.24, 2.45) is 0 Å². The molecule has 3 fully saturated rings. The first-order valence-electron chi connectivity index (χ1n) is 6.80. The highest BCUT2D eigenvalue weighted by Gasteiger charge is 2.60. The van der Waals surface area contributed by atoms with Crippen LogP contribution in [-0.4, -0.2) is 48.8 Å². The number of nitrogens with one attached hydrogen (secondary N) is 2. The highest BCUT2D eigenvalue weighted by Crippen LogP contribution is 2.43. The molecule has 0 aromatic carbocycles. The van der Waals surface area contributed by atoms with E-state index in [0.29, 0.717) is 6.54 Å². The third-order valence-electron chi connectivity index (χ3n) is 3.63. The predicted molar refractivity (Wildman–Crippen MR) is 64.8 cm³/mol. The number of rotatable bonds is 3. The van der Waals surface area contributed by atoms with Crippen LogP contribution in [0.25, 0.3) is 5.53 Å². The van der Waals surface area contributed by atoms with E-state index in [1.165, 1.54) is 0 Å². The van der Waals surface area contributed by atoms with Gasteiger partial charge in [-0.3, -0.25) is 5.43 Å². The summed E-state index contributed by atoms with van der Waals surface area (Å²) < 4.78 is 29.4. The van der Waals surface area contributed by atoms with Gasteiger partial charge in [-0.05, 0) is 27.7 Å². The fraction of sp³-hybridized carbons (Fsp3) is 1.00. The van der Waals surface area contributed by atoms with Crippen molar-refractivity contribution >= 4 is 0 Å². The van der Waals surface area contributed by atoms with E-state index in [1.807, 2.05) is 32.9 Å². The van der Waals surface area contributed by atoms with Crippen molar-refractivity contribution in [3.63, 3.8) is 0 Å². The lowest BCUT2D eigenvalue weighted by Crippen LogP contribution is -2.77. The van der Waals surface area contributed by atoms with Crippen molar-refractivity contribution in [2.45, 2.75) is 70.0 Å². The van der Waals surface area contributed by atoms with E-state index in [4.69, 9.17) is 29.2 Å². The van der Waals surface area contributed by atoms with Crippen LogP contribution in [-0.2, 0) is 23.7 Å². The zero-order valence-electron chi connectivity index (χ0n) is 12.1. The summed E-state index contributed by atoms with van der Waals surface area (Å²) in [4.78, 5) is 0. The van der Waals surface area contributed by atoms with Gasteiger partial charge in [0.2, 0.25) is 0 Å². The Labute approximate surface area is 117 Å². The monoisotopic (exact) mass is 287 g/mol. The van der Waals surface area contributed by atoms with Gasteiger partial charge in [0.25, 0.3) is 0 Å². The molecule has 3 aliphatic rings. The fourth-order valence-corrected chi connectivity index (χ4v) is 3.00. The van der Waals surface area contributed by atoms with Crippen molar-refractivity contribution in [1.82, 2.24) is 5.43 Å². The maximum absolute atomic E-state index is 8.67. The fourth-order valence-electron chi connectivity index (χ4n) is 3.00. The van der Waals surface area contributed by atoms with Gasteiger partial charge in [-0.25, -0.2) is 0 Å². The maximum Gasteiger partial charge on any atom is 0.190 e. The van der Waals surface area contributed by atoms with Crippen LogP contribution in [0.15, 0.2) is 0 Å². The molecule has 114 valence electrons. The molecule has 3 heterocycles. The summed E-state index contributed by atoms with van der Waals surface area (Å²) in [5.41, 5.74) is 11.3. The molecule has 0 aromatic rings. The largest absolute Gasteiger partial charge is 0.344 e. The molecule has 8 heteroatoms. The van der Waals surface area contributed by atoms with Gasteiger partial charge in [-0.2, -0.15) is 10.8 Å². The highest BCUT2D eigenvalue weighted by molar-refractivity contribution is 5.00. The molecular formula is C12H21N3O5. The van der Waals surface area contributed by atoms with E-state index in [2.05, 4.69) is 5.43 Å². The Morgan fingerprint density at radius 2 is 1.55 bits per heavy atom. The van der Waals surface area contributed by atoms with Crippen molar-refractivity contribution in [2.75, 3.05) is 6.54 Å². The molecule has 3 saturated heterocycles. The molecule has 0 aliphatic carbocycles. The van der Waals surface area contributed by atoms with Gasteiger partial charge in [0.15, 0.2) is 17.9 Å². The summed E-state index contributed by atoms with van der Waals surface area (Å²) >= 11 is 0. The van der Waals surface area contributed by atoms with Crippen molar-refractivity contribution in [3.8, 4) is 0 Å². The second-order valence-electron chi connectivity index (χ2n) is 6.20. The summed E-state index contributed by atoms with van der Waals surface area (Å²) in [6.45, 7) is 7.75. The summed E-state index contributed by atoms with van der Waals surface area (Å²) in [5.74, 6) is -1.41. The minimum Gasteiger partial charge on any atom is -0.344 e. The second kappa shape index (κ2) is 4.60. The van der Waals surface area contributed by atoms with Crippen LogP contribution in [0.3, 0.4) is 0 Å². The lowest BCUT2D eigenvalue weighted by molar-refractivity contribution is -0.551. The Balaban J connectivity index is 1.82. The maximum atomic E-state index is 8.67. The van der Waals surface area contributed by atoms with E-state index in [0.717, 1.165) is 0 Å². The summed E-state index contributed by atoms with van der Waals surface area (Å²) in [6.07, 6.45) is -1.70. The number of hydrogen-bond acceptors (Lipinski definition) is 5. The average Bonchev–Trinajstić information content (AvgIpc) is 2.80. The molecule has 20 heavy (non-hydrogen) atoms. The summed E-state index contributed by atoms with van der Waals surface area (Å²) in [6, 6.07) is 0. The smallest absolute Gasteiger partial charge is 0.190 e. The third-order valence-corrected chi connectivity index (χ3v) is 3.63. The summed E-state index contributed by atoms with van der Waals surface area (Å²) in [5, 5.41) is 1.89. The lowest BCUT2D eigenvalue weighted by Gasteiger charge is -2.37. The summed E-state index contributed by atoms with van der Waals surface area (Å²) in [7, 11) is 0. The number of hydrazine groups is 1. The van der Waals surface area contributed by atoms with Gasteiger partial charge in [0.05, 0.1) is 6.10 Å². The number of hydrogen-bond donors (Lipinski definition) is 2. The molecule has 8 nitrogen and oxygen atoms in total. The highest BCUT2D eigenvalue weighted by atomic mass is 16.9. The minimum absolute atomic E-state index is 0.268. The molecule has 5 atom stereocenters. The Bertz CT molecular complexity index is 403.